The number of nitrogen functional groups attached to an aromatic ring is 2. The molecule has 0 spiro atoms. The Morgan fingerprint density at radius 2 is 2.10 bits per heavy atom. The van der Waals surface area contributed by atoms with Gasteiger partial charge in [-0.15, -0.1) is 0 Å². The highest BCUT2D eigenvalue weighted by atomic mass is 35.5. The summed E-state index contributed by atoms with van der Waals surface area (Å²) in [5.41, 5.74) is 12.1. The zero-order valence-corrected chi connectivity index (χ0v) is 6.31. The van der Waals surface area contributed by atoms with Crippen LogP contribution in [0.5, 0.6) is 0 Å². The minimum Gasteiger partial charge on any atom is -0.396 e. The van der Waals surface area contributed by atoms with E-state index in [1.165, 1.54) is 0 Å². The van der Waals surface area contributed by atoms with Gasteiger partial charge in [-0.05, 0) is 18.6 Å². The van der Waals surface area contributed by atoms with Gasteiger partial charge in [-0.2, -0.15) is 0 Å². The highest BCUT2D eigenvalue weighted by molar-refractivity contribution is 6.30. The van der Waals surface area contributed by atoms with Crippen LogP contribution in [0.2, 0.25) is 5.15 Å². The number of rotatable bonds is 0. The number of hydrogen-bond acceptors (Lipinski definition) is 3. The lowest BCUT2D eigenvalue weighted by Crippen LogP contribution is -1.98. The van der Waals surface area contributed by atoms with Crippen molar-refractivity contribution < 1.29 is 0 Å². The Morgan fingerprint density at radius 1 is 1.50 bits per heavy atom. The maximum atomic E-state index is 5.64. The summed E-state index contributed by atoms with van der Waals surface area (Å²) in [6.45, 7) is 1.82. The van der Waals surface area contributed by atoms with Crippen LogP contribution < -0.4 is 11.5 Å². The SMILES string of the molecule is Cc1cc(N)c(N)nc1Cl. The molecular formula is C6H8ClN3. The molecule has 0 unspecified atom stereocenters. The van der Waals surface area contributed by atoms with Gasteiger partial charge in [-0.3, -0.25) is 0 Å². The van der Waals surface area contributed by atoms with Crippen LogP contribution in [0.15, 0.2) is 6.07 Å². The van der Waals surface area contributed by atoms with Gasteiger partial charge < -0.3 is 11.5 Å². The van der Waals surface area contributed by atoms with E-state index in [0.717, 1.165) is 5.56 Å². The summed E-state index contributed by atoms with van der Waals surface area (Å²) in [5.74, 6) is 0.288. The van der Waals surface area contributed by atoms with Gasteiger partial charge in [0.25, 0.3) is 0 Å². The van der Waals surface area contributed by atoms with Gasteiger partial charge in [0.05, 0.1) is 5.69 Å². The first-order chi connectivity index (χ1) is 4.61. The number of aromatic nitrogens is 1. The second-order valence-corrected chi connectivity index (χ2v) is 2.43. The fourth-order valence-electron chi connectivity index (χ4n) is 0.625. The number of pyridine rings is 1. The maximum absolute atomic E-state index is 5.64. The third-order valence-corrected chi connectivity index (χ3v) is 1.59. The molecule has 1 aromatic heterocycles. The molecule has 0 atom stereocenters. The average molecular weight is 158 g/mol. The Hall–Kier alpha value is -0.960. The van der Waals surface area contributed by atoms with Gasteiger partial charge in [-0.1, -0.05) is 11.6 Å². The predicted octanol–water partition coefficient (Wildman–Crippen LogP) is 1.21. The number of anilines is 2. The summed E-state index contributed by atoms with van der Waals surface area (Å²) in [7, 11) is 0. The lowest BCUT2D eigenvalue weighted by Gasteiger charge is -2.00. The molecule has 3 nitrogen and oxygen atoms in total. The third-order valence-electron chi connectivity index (χ3n) is 1.21. The van der Waals surface area contributed by atoms with Crippen LogP contribution in [-0.2, 0) is 0 Å². The summed E-state index contributed by atoms with van der Waals surface area (Å²) < 4.78 is 0. The van der Waals surface area contributed by atoms with Crippen molar-refractivity contribution in [2.24, 2.45) is 0 Å². The molecule has 4 heteroatoms. The van der Waals surface area contributed by atoms with E-state index < -0.39 is 0 Å². The quantitative estimate of drug-likeness (QED) is 0.557. The Balaban J connectivity index is 3.28. The van der Waals surface area contributed by atoms with Crippen LogP contribution in [0.4, 0.5) is 11.5 Å². The minimum atomic E-state index is 0.288. The van der Waals surface area contributed by atoms with E-state index in [1.807, 2.05) is 6.92 Å². The molecule has 0 radical (unpaired) electrons. The van der Waals surface area contributed by atoms with E-state index in [4.69, 9.17) is 23.1 Å². The predicted molar refractivity (Wildman–Crippen MR) is 42.8 cm³/mol. The van der Waals surface area contributed by atoms with E-state index >= 15 is 0 Å². The Kier molecular flexibility index (Phi) is 1.68. The average Bonchev–Trinajstić information content (AvgIpc) is 1.84. The van der Waals surface area contributed by atoms with E-state index in [-0.39, 0.29) is 5.82 Å². The molecule has 0 amide bonds. The molecule has 0 bridgehead atoms. The molecule has 10 heavy (non-hydrogen) atoms. The molecule has 0 fully saturated rings. The van der Waals surface area contributed by atoms with Crippen LogP contribution in [0.1, 0.15) is 5.56 Å². The first-order valence-electron chi connectivity index (χ1n) is 2.79. The highest BCUT2D eigenvalue weighted by Crippen LogP contribution is 2.19. The van der Waals surface area contributed by atoms with Crippen molar-refractivity contribution in [2.45, 2.75) is 6.92 Å². The first-order valence-corrected chi connectivity index (χ1v) is 3.17. The van der Waals surface area contributed by atoms with E-state index in [0.29, 0.717) is 10.8 Å². The second-order valence-electron chi connectivity index (χ2n) is 2.07. The monoisotopic (exact) mass is 157 g/mol. The topological polar surface area (TPSA) is 64.9 Å². The van der Waals surface area contributed by atoms with Crippen LogP contribution in [0, 0.1) is 6.92 Å². The molecule has 1 aromatic rings. The van der Waals surface area contributed by atoms with E-state index in [2.05, 4.69) is 4.98 Å². The fraction of sp³-hybridized carbons (Fsp3) is 0.167. The molecule has 1 rings (SSSR count). The molecule has 0 saturated heterocycles. The van der Waals surface area contributed by atoms with Gasteiger partial charge in [-0.25, -0.2) is 4.98 Å². The van der Waals surface area contributed by atoms with Crippen LogP contribution in [0.3, 0.4) is 0 Å². The Bertz CT molecular complexity index is 209. The number of aryl methyl sites for hydroxylation is 1. The smallest absolute Gasteiger partial charge is 0.148 e. The minimum absolute atomic E-state index is 0.288. The molecule has 1 heterocycles. The molecule has 4 N–H and O–H groups in total. The van der Waals surface area contributed by atoms with Gasteiger partial charge in [0.1, 0.15) is 11.0 Å². The number of nitrogens with zero attached hydrogens (tertiary/aromatic N) is 1. The van der Waals surface area contributed by atoms with E-state index in [9.17, 15) is 0 Å². The lowest BCUT2D eigenvalue weighted by atomic mass is 10.3. The highest BCUT2D eigenvalue weighted by Gasteiger charge is 2.00. The Labute approximate surface area is 64.0 Å². The first kappa shape index (κ1) is 7.15. The van der Waals surface area contributed by atoms with Crippen molar-refractivity contribution in [3.63, 3.8) is 0 Å². The third kappa shape index (κ3) is 1.14. The van der Waals surface area contributed by atoms with Crippen LogP contribution in [0.25, 0.3) is 0 Å². The summed E-state index contributed by atoms with van der Waals surface area (Å²) in [6.07, 6.45) is 0. The van der Waals surface area contributed by atoms with Crippen molar-refractivity contribution in [3.8, 4) is 0 Å². The van der Waals surface area contributed by atoms with Crippen LogP contribution >= 0.6 is 11.6 Å². The van der Waals surface area contributed by atoms with Crippen LogP contribution in [-0.4, -0.2) is 4.98 Å². The lowest BCUT2D eigenvalue weighted by molar-refractivity contribution is 1.28. The molecule has 0 aliphatic rings. The zero-order valence-electron chi connectivity index (χ0n) is 5.56. The number of hydrogen-bond donors (Lipinski definition) is 2. The normalized spacial score (nSPS) is 9.80. The fourth-order valence-corrected chi connectivity index (χ4v) is 0.771. The van der Waals surface area contributed by atoms with Crippen molar-refractivity contribution in [1.29, 1.82) is 0 Å². The molecular weight excluding hydrogens is 150 g/mol. The second kappa shape index (κ2) is 2.34. The van der Waals surface area contributed by atoms with Gasteiger partial charge in [0.2, 0.25) is 0 Å². The summed E-state index contributed by atoms with van der Waals surface area (Å²) in [6, 6.07) is 1.70. The summed E-state index contributed by atoms with van der Waals surface area (Å²) in [5, 5.41) is 0.409. The molecule has 0 aliphatic carbocycles. The van der Waals surface area contributed by atoms with Gasteiger partial charge >= 0.3 is 0 Å². The molecule has 54 valence electrons. The number of nitrogens with two attached hydrogens (primary N) is 2. The molecule has 0 aromatic carbocycles. The van der Waals surface area contributed by atoms with Crippen molar-refractivity contribution >= 4 is 23.1 Å². The van der Waals surface area contributed by atoms with E-state index in [1.54, 1.807) is 6.07 Å². The zero-order chi connectivity index (χ0) is 7.72. The molecule has 0 saturated carbocycles. The van der Waals surface area contributed by atoms with Crippen molar-refractivity contribution in [1.82, 2.24) is 4.98 Å². The number of halogens is 1. The van der Waals surface area contributed by atoms with Crippen molar-refractivity contribution in [2.75, 3.05) is 11.5 Å². The molecule has 0 aliphatic heterocycles. The maximum Gasteiger partial charge on any atom is 0.148 e. The largest absolute Gasteiger partial charge is 0.396 e. The van der Waals surface area contributed by atoms with Gasteiger partial charge in [0, 0.05) is 0 Å². The summed E-state index contributed by atoms with van der Waals surface area (Å²) in [4.78, 5) is 3.79. The Morgan fingerprint density at radius 3 is 2.60 bits per heavy atom. The summed E-state index contributed by atoms with van der Waals surface area (Å²) >= 11 is 5.64. The standard InChI is InChI=1S/C6H8ClN3/c1-3-2-4(8)6(9)10-5(3)7/h2H,8H2,1H3,(H2,9,10). The van der Waals surface area contributed by atoms with Gasteiger partial charge in [0.15, 0.2) is 0 Å². The van der Waals surface area contributed by atoms with Crippen molar-refractivity contribution in [3.05, 3.63) is 16.8 Å².